The molecule has 5 heteroatoms. The summed E-state index contributed by atoms with van der Waals surface area (Å²) in [6.07, 6.45) is 8.03. The van der Waals surface area contributed by atoms with Gasteiger partial charge in [0.05, 0.1) is 5.56 Å². The SMILES string of the molecule is O=C(NN1CC=C(CCCO)CC1)c1cccnc1. The summed E-state index contributed by atoms with van der Waals surface area (Å²) in [6, 6.07) is 3.49. The zero-order chi connectivity index (χ0) is 13.5. The first-order valence-corrected chi connectivity index (χ1v) is 6.54. The van der Waals surface area contributed by atoms with Crippen molar-refractivity contribution >= 4 is 5.91 Å². The monoisotopic (exact) mass is 261 g/mol. The molecule has 5 nitrogen and oxygen atoms in total. The van der Waals surface area contributed by atoms with Crippen molar-refractivity contribution in [2.24, 2.45) is 0 Å². The van der Waals surface area contributed by atoms with Crippen LogP contribution in [0.4, 0.5) is 0 Å². The van der Waals surface area contributed by atoms with Gasteiger partial charge in [0.1, 0.15) is 0 Å². The van der Waals surface area contributed by atoms with E-state index in [0.29, 0.717) is 12.1 Å². The average molecular weight is 261 g/mol. The van der Waals surface area contributed by atoms with E-state index in [1.165, 1.54) is 5.57 Å². The van der Waals surface area contributed by atoms with Crippen LogP contribution in [0.5, 0.6) is 0 Å². The fraction of sp³-hybridized carbons (Fsp3) is 0.429. The van der Waals surface area contributed by atoms with E-state index in [9.17, 15) is 4.79 Å². The van der Waals surface area contributed by atoms with Crippen molar-refractivity contribution in [3.05, 3.63) is 41.7 Å². The third-order valence-electron chi connectivity index (χ3n) is 3.14. The number of aromatic nitrogens is 1. The number of carbonyl (C=O) groups excluding carboxylic acids is 1. The fourth-order valence-corrected chi connectivity index (χ4v) is 2.05. The molecule has 102 valence electrons. The molecule has 2 rings (SSSR count). The highest BCUT2D eigenvalue weighted by Gasteiger charge is 2.14. The van der Waals surface area contributed by atoms with E-state index >= 15 is 0 Å². The number of nitrogens with zero attached hydrogens (tertiary/aromatic N) is 2. The van der Waals surface area contributed by atoms with Gasteiger partial charge in [-0.1, -0.05) is 11.6 Å². The minimum Gasteiger partial charge on any atom is -0.396 e. The summed E-state index contributed by atoms with van der Waals surface area (Å²) in [7, 11) is 0. The van der Waals surface area contributed by atoms with Gasteiger partial charge >= 0.3 is 0 Å². The van der Waals surface area contributed by atoms with Crippen LogP contribution in [-0.2, 0) is 0 Å². The van der Waals surface area contributed by atoms with Gasteiger partial charge in [0, 0.05) is 32.1 Å². The van der Waals surface area contributed by atoms with Crippen molar-refractivity contribution in [1.82, 2.24) is 15.4 Å². The van der Waals surface area contributed by atoms with Crippen LogP contribution in [0.3, 0.4) is 0 Å². The molecule has 0 spiro atoms. The number of aliphatic hydroxyl groups is 1. The van der Waals surface area contributed by atoms with Gasteiger partial charge in [-0.2, -0.15) is 0 Å². The third kappa shape index (κ3) is 4.15. The predicted molar refractivity (Wildman–Crippen MR) is 72.3 cm³/mol. The van der Waals surface area contributed by atoms with E-state index in [1.807, 2.05) is 5.01 Å². The highest BCUT2D eigenvalue weighted by Crippen LogP contribution is 2.14. The zero-order valence-corrected chi connectivity index (χ0v) is 10.9. The molecule has 1 aromatic heterocycles. The van der Waals surface area contributed by atoms with Crippen molar-refractivity contribution < 1.29 is 9.90 Å². The third-order valence-corrected chi connectivity index (χ3v) is 3.14. The van der Waals surface area contributed by atoms with Crippen LogP contribution < -0.4 is 5.43 Å². The van der Waals surface area contributed by atoms with Gasteiger partial charge in [-0.25, -0.2) is 5.01 Å². The van der Waals surface area contributed by atoms with Crippen LogP contribution in [0.2, 0.25) is 0 Å². The van der Waals surface area contributed by atoms with Gasteiger partial charge in [0.2, 0.25) is 0 Å². The van der Waals surface area contributed by atoms with Crippen LogP contribution in [0, 0.1) is 0 Å². The lowest BCUT2D eigenvalue weighted by Crippen LogP contribution is -2.44. The Balaban J connectivity index is 1.82. The summed E-state index contributed by atoms with van der Waals surface area (Å²) in [4.78, 5) is 15.8. The molecule has 0 saturated heterocycles. The Morgan fingerprint density at radius 3 is 3.05 bits per heavy atom. The molecule has 0 aromatic carbocycles. The molecule has 0 bridgehead atoms. The standard InChI is InChI=1S/C14H19N3O2/c18-10-2-3-12-5-8-17(9-6-12)16-14(19)13-4-1-7-15-11-13/h1,4-5,7,11,18H,2-3,6,8-10H2,(H,16,19). The molecule has 0 saturated carbocycles. The van der Waals surface area contributed by atoms with Crippen molar-refractivity contribution in [2.75, 3.05) is 19.7 Å². The topological polar surface area (TPSA) is 65.5 Å². The molecule has 2 heterocycles. The molecule has 1 aromatic rings. The zero-order valence-electron chi connectivity index (χ0n) is 10.9. The number of nitrogens with one attached hydrogen (secondary N) is 1. The normalized spacial score (nSPS) is 15.9. The van der Waals surface area contributed by atoms with E-state index in [-0.39, 0.29) is 12.5 Å². The summed E-state index contributed by atoms with van der Waals surface area (Å²) in [5, 5.41) is 10.7. The lowest BCUT2D eigenvalue weighted by molar-refractivity contribution is 0.0801. The van der Waals surface area contributed by atoms with Gasteiger partial charge in [-0.05, 0) is 31.4 Å². The summed E-state index contributed by atoms with van der Waals surface area (Å²) >= 11 is 0. The van der Waals surface area contributed by atoms with E-state index in [4.69, 9.17) is 5.11 Å². The number of carbonyl (C=O) groups is 1. The molecule has 0 fully saturated rings. The van der Waals surface area contributed by atoms with Crippen molar-refractivity contribution in [1.29, 1.82) is 0 Å². The molecule has 0 aliphatic carbocycles. The van der Waals surface area contributed by atoms with E-state index < -0.39 is 0 Å². The Morgan fingerprint density at radius 1 is 1.53 bits per heavy atom. The van der Waals surface area contributed by atoms with E-state index in [2.05, 4.69) is 16.5 Å². The maximum absolute atomic E-state index is 11.9. The van der Waals surface area contributed by atoms with Gasteiger partial charge in [0.25, 0.3) is 5.91 Å². The molecule has 1 amide bonds. The molecule has 0 radical (unpaired) electrons. The summed E-state index contributed by atoms with van der Waals surface area (Å²) in [5.41, 5.74) is 4.80. The van der Waals surface area contributed by atoms with Crippen LogP contribution in [0.25, 0.3) is 0 Å². The Labute approximate surface area is 112 Å². The lowest BCUT2D eigenvalue weighted by Gasteiger charge is -2.26. The summed E-state index contributed by atoms with van der Waals surface area (Å²) < 4.78 is 0. The highest BCUT2D eigenvalue weighted by atomic mass is 16.2. The largest absolute Gasteiger partial charge is 0.396 e. The first-order valence-electron chi connectivity index (χ1n) is 6.54. The Hall–Kier alpha value is -1.72. The number of pyridine rings is 1. The smallest absolute Gasteiger partial charge is 0.267 e. The summed E-state index contributed by atoms with van der Waals surface area (Å²) in [6.45, 7) is 1.76. The fourth-order valence-electron chi connectivity index (χ4n) is 2.05. The second-order valence-corrected chi connectivity index (χ2v) is 4.57. The first kappa shape index (κ1) is 13.7. The Morgan fingerprint density at radius 2 is 2.42 bits per heavy atom. The minimum absolute atomic E-state index is 0.125. The van der Waals surface area contributed by atoms with Gasteiger partial charge in [-0.15, -0.1) is 0 Å². The quantitative estimate of drug-likeness (QED) is 0.780. The first-order chi connectivity index (χ1) is 9.29. The molecule has 1 aliphatic rings. The van der Waals surface area contributed by atoms with Crippen LogP contribution in [-0.4, -0.2) is 40.7 Å². The van der Waals surface area contributed by atoms with E-state index in [0.717, 1.165) is 25.8 Å². The molecular weight excluding hydrogens is 242 g/mol. The summed E-state index contributed by atoms with van der Waals surface area (Å²) in [5.74, 6) is -0.125. The highest BCUT2D eigenvalue weighted by molar-refractivity contribution is 5.93. The maximum Gasteiger partial charge on any atom is 0.267 e. The number of amides is 1. The Kier molecular flexibility index (Phi) is 5.06. The number of hydrazine groups is 1. The molecule has 19 heavy (non-hydrogen) atoms. The van der Waals surface area contributed by atoms with Crippen LogP contribution in [0.15, 0.2) is 36.2 Å². The van der Waals surface area contributed by atoms with Gasteiger partial charge in [0.15, 0.2) is 0 Å². The maximum atomic E-state index is 11.9. The number of aliphatic hydroxyl groups excluding tert-OH is 1. The second kappa shape index (κ2) is 7.01. The Bertz CT molecular complexity index is 445. The lowest BCUT2D eigenvalue weighted by atomic mass is 10.0. The van der Waals surface area contributed by atoms with Crippen molar-refractivity contribution in [2.45, 2.75) is 19.3 Å². The minimum atomic E-state index is -0.125. The van der Waals surface area contributed by atoms with Crippen LogP contribution >= 0.6 is 0 Å². The van der Waals surface area contributed by atoms with Gasteiger partial charge in [-0.3, -0.25) is 15.2 Å². The molecule has 2 N–H and O–H groups in total. The van der Waals surface area contributed by atoms with Gasteiger partial charge < -0.3 is 5.11 Å². The average Bonchev–Trinajstić information content (AvgIpc) is 2.47. The van der Waals surface area contributed by atoms with E-state index in [1.54, 1.807) is 24.5 Å². The molecule has 0 atom stereocenters. The van der Waals surface area contributed by atoms with Crippen molar-refractivity contribution in [3.8, 4) is 0 Å². The molecule has 0 unspecified atom stereocenters. The van der Waals surface area contributed by atoms with Crippen molar-refractivity contribution in [3.63, 3.8) is 0 Å². The second-order valence-electron chi connectivity index (χ2n) is 4.57. The number of hydrogen-bond acceptors (Lipinski definition) is 4. The van der Waals surface area contributed by atoms with Crippen LogP contribution in [0.1, 0.15) is 29.6 Å². The number of rotatable bonds is 5. The predicted octanol–water partition coefficient (Wildman–Crippen LogP) is 1.13. The molecule has 1 aliphatic heterocycles. The number of hydrogen-bond donors (Lipinski definition) is 2. The molecular formula is C14H19N3O2.